The van der Waals surface area contributed by atoms with E-state index in [1.807, 2.05) is 0 Å². The topological polar surface area (TPSA) is 114 Å². The van der Waals surface area contributed by atoms with Gasteiger partial charge in [-0.25, -0.2) is 9.59 Å². The van der Waals surface area contributed by atoms with Crippen LogP contribution in [0.1, 0.15) is 47.2 Å². The summed E-state index contributed by atoms with van der Waals surface area (Å²) in [6.07, 6.45) is -1.08. The van der Waals surface area contributed by atoms with Gasteiger partial charge in [-0.3, -0.25) is 0 Å². The van der Waals surface area contributed by atoms with Crippen molar-refractivity contribution in [1.82, 2.24) is 0 Å². The Bertz CT molecular complexity index is 1250. The average molecular weight is 543 g/mol. The predicted molar refractivity (Wildman–Crippen MR) is 142 cm³/mol. The number of esters is 2. The van der Waals surface area contributed by atoms with E-state index in [0.29, 0.717) is 52.4 Å². The number of rotatable bonds is 12. The van der Waals surface area contributed by atoms with Crippen LogP contribution in [0.25, 0.3) is 6.08 Å². The molecule has 0 saturated heterocycles. The Kier molecular flexibility index (Phi) is 10.4. The van der Waals surface area contributed by atoms with Crippen molar-refractivity contribution in [3.05, 3.63) is 89.5 Å². The van der Waals surface area contributed by atoms with Crippen LogP contribution in [0.4, 0.5) is 24.5 Å². The first-order chi connectivity index (χ1) is 18.6. The fraction of sp³-hybridized carbons (Fsp3) is 0.241. The number of hydrogen-bond acceptors (Lipinski definition) is 7. The summed E-state index contributed by atoms with van der Waals surface area (Å²) in [5.74, 6) is -0.282. The third-order valence-corrected chi connectivity index (χ3v) is 5.38. The third-order valence-electron chi connectivity index (χ3n) is 5.38. The molecule has 0 aliphatic rings. The molecule has 0 heterocycles. The van der Waals surface area contributed by atoms with Crippen LogP contribution in [-0.2, 0) is 16.1 Å². The molecule has 0 aromatic heterocycles. The maximum Gasteiger partial charge on any atom is 0.389 e. The number of nitrogens with two attached hydrogens (primary N) is 2. The van der Waals surface area contributed by atoms with Crippen LogP contribution in [-0.4, -0.2) is 24.7 Å². The van der Waals surface area contributed by atoms with Gasteiger partial charge in [0.05, 0.1) is 12.2 Å². The smallest absolute Gasteiger partial charge is 0.389 e. The van der Waals surface area contributed by atoms with Crippen molar-refractivity contribution in [2.45, 2.75) is 38.5 Å². The normalized spacial score (nSPS) is 11.4. The van der Waals surface area contributed by atoms with Crippen LogP contribution in [0.3, 0.4) is 0 Å². The molecule has 0 aliphatic carbocycles. The van der Waals surface area contributed by atoms with E-state index in [0.717, 1.165) is 0 Å². The minimum absolute atomic E-state index is 0.0335. The van der Waals surface area contributed by atoms with Crippen molar-refractivity contribution in [3.8, 4) is 11.5 Å². The van der Waals surface area contributed by atoms with E-state index in [-0.39, 0.29) is 19.6 Å². The summed E-state index contributed by atoms with van der Waals surface area (Å²) in [4.78, 5) is 24.4. The number of anilines is 2. The largest absolute Gasteiger partial charge is 0.494 e. The number of nitrogen functional groups attached to an aromatic ring is 2. The summed E-state index contributed by atoms with van der Waals surface area (Å²) in [6, 6.07) is 17.8. The van der Waals surface area contributed by atoms with Gasteiger partial charge in [-0.05, 0) is 91.1 Å². The molecule has 3 aromatic rings. The standard InChI is InChI=1S/C29H29F3N2O5/c30-29(31,32)14-2-1-3-15-37-25-11-7-22(8-12-25)28(36)39-26-9-4-20(5-10-26)6-13-27(35)38-19-21-16-23(33)18-24(34)17-21/h4-13,16-18H,1-3,14-15,19,33-34H2/b13-6+. The second-order valence-electron chi connectivity index (χ2n) is 8.71. The Hall–Kier alpha value is -4.47. The van der Waals surface area contributed by atoms with Crippen molar-refractivity contribution in [2.24, 2.45) is 0 Å². The molecule has 0 aliphatic heterocycles. The Morgan fingerprint density at radius 1 is 0.821 bits per heavy atom. The quantitative estimate of drug-likeness (QED) is 0.0904. The lowest BCUT2D eigenvalue weighted by Gasteiger charge is -2.08. The van der Waals surface area contributed by atoms with Crippen LogP contribution < -0.4 is 20.9 Å². The van der Waals surface area contributed by atoms with E-state index in [1.54, 1.807) is 72.8 Å². The van der Waals surface area contributed by atoms with Gasteiger partial charge in [0.2, 0.25) is 0 Å². The van der Waals surface area contributed by atoms with E-state index in [9.17, 15) is 22.8 Å². The number of carbonyl (C=O) groups is 2. The lowest BCUT2D eigenvalue weighted by Crippen LogP contribution is -2.08. The maximum absolute atomic E-state index is 12.4. The summed E-state index contributed by atoms with van der Waals surface area (Å²) in [5.41, 5.74) is 14.1. The average Bonchev–Trinajstić information content (AvgIpc) is 2.88. The molecule has 0 amide bonds. The molecule has 0 atom stereocenters. The first-order valence-electron chi connectivity index (χ1n) is 12.2. The van der Waals surface area contributed by atoms with Crippen LogP contribution in [0.2, 0.25) is 0 Å². The zero-order chi connectivity index (χ0) is 28.3. The van der Waals surface area contributed by atoms with E-state index in [1.165, 1.54) is 6.08 Å². The molecule has 7 nitrogen and oxygen atoms in total. The van der Waals surface area contributed by atoms with E-state index in [2.05, 4.69) is 0 Å². The van der Waals surface area contributed by atoms with Gasteiger partial charge in [0, 0.05) is 23.9 Å². The van der Waals surface area contributed by atoms with Crippen LogP contribution >= 0.6 is 0 Å². The highest BCUT2D eigenvalue weighted by Crippen LogP contribution is 2.23. The molecule has 0 spiro atoms. The molecule has 3 aromatic carbocycles. The molecule has 3 rings (SSSR count). The van der Waals surface area contributed by atoms with E-state index in [4.69, 9.17) is 25.7 Å². The monoisotopic (exact) mass is 542 g/mol. The highest BCUT2D eigenvalue weighted by Gasteiger charge is 2.25. The highest BCUT2D eigenvalue weighted by atomic mass is 19.4. The fourth-order valence-corrected chi connectivity index (χ4v) is 3.49. The summed E-state index contributed by atoms with van der Waals surface area (Å²) in [6.45, 7) is 0.323. The van der Waals surface area contributed by atoms with Crippen molar-refractivity contribution in [2.75, 3.05) is 18.1 Å². The molecule has 39 heavy (non-hydrogen) atoms. The zero-order valence-corrected chi connectivity index (χ0v) is 21.1. The van der Waals surface area contributed by atoms with Gasteiger partial charge in [0.25, 0.3) is 0 Å². The molecule has 4 N–H and O–H groups in total. The Morgan fingerprint density at radius 3 is 2.10 bits per heavy atom. The molecular weight excluding hydrogens is 513 g/mol. The van der Waals surface area contributed by atoms with Gasteiger partial charge in [0.1, 0.15) is 18.1 Å². The second kappa shape index (κ2) is 13.9. The molecule has 206 valence electrons. The van der Waals surface area contributed by atoms with E-state index < -0.39 is 24.5 Å². The van der Waals surface area contributed by atoms with Gasteiger partial charge in [-0.15, -0.1) is 0 Å². The Labute approximate surface area is 224 Å². The first kappa shape index (κ1) is 29.1. The number of alkyl halides is 3. The van der Waals surface area contributed by atoms with Gasteiger partial charge in [-0.2, -0.15) is 13.2 Å². The van der Waals surface area contributed by atoms with Crippen LogP contribution in [0.5, 0.6) is 11.5 Å². The van der Waals surface area contributed by atoms with Gasteiger partial charge in [0.15, 0.2) is 0 Å². The van der Waals surface area contributed by atoms with Crippen molar-refractivity contribution < 1.29 is 37.0 Å². The van der Waals surface area contributed by atoms with Crippen LogP contribution in [0, 0.1) is 0 Å². The minimum Gasteiger partial charge on any atom is -0.494 e. The van der Waals surface area contributed by atoms with Crippen molar-refractivity contribution >= 4 is 29.4 Å². The summed E-state index contributed by atoms with van der Waals surface area (Å²) in [7, 11) is 0. The number of carbonyl (C=O) groups excluding carboxylic acids is 2. The maximum atomic E-state index is 12.4. The number of unbranched alkanes of at least 4 members (excludes halogenated alkanes) is 2. The van der Waals surface area contributed by atoms with Gasteiger partial charge < -0.3 is 25.7 Å². The van der Waals surface area contributed by atoms with Gasteiger partial charge in [-0.1, -0.05) is 12.1 Å². The number of ether oxygens (including phenoxy) is 3. The molecule has 0 radical (unpaired) electrons. The summed E-state index contributed by atoms with van der Waals surface area (Å²) >= 11 is 0. The first-order valence-corrected chi connectivity index (χ1v) is 12.2. The second-order valence-corrected chi connectivity index (χ2v) is 8.71. The van der Waals surface area contributed by atoms with Crippen molar-refractivity contribution in [1.29, 1.82) is 0 Å². The molecule has 0 bridgehead atoms. The lowest BCUT2D eigenvalue weighted by molar-refractivity contribution is -0.139. The number of hydrogen-bond donors (Lipinski definition) is 2. The zero-order valence-electron chi connectivity index (χ0n) is 21.1. The highest BCUT2D eigenvalue weighted by molar-refractivity contribution is 5.91. The number of halogens is 3. The number of benzene rings is 3. The molecule has 0 saturated carbocycles. The lowest BCUT2D eigenvalue weighted by atomic mass is 10.2. The fourth-order valence-electron chi connectivity index (χ4n) is 3.49. The minimum atomic E-state index is -4.13. The van der Waals surface area contributed by atoms with Crippen molar-refractivity contribution in [3.63, 3.8) is 0 Å². The predicted octanol–water partition coefficient (Wildman–Crippen LogP) is 6.33. The Morgan fingerprint density at radius 2 is 1.46 bits per heavy atom. The summed E-state index contributed by atoms with van der Waals surface area (Å²) in [5, 5.41) is 0. The molecule has 0 fully saturated rings. The van der Waals surface area contributed by atoms with E-state index >= 15 is 0 Å². The van der Waals surface area contributed by atoms with Gasteiger partial charge >= 0.3 is 18.1 Å². The SMILES string of the molecule is Nc1cc(N)cc(COC(=O)/C=C/c2ccc(OC(=O)c3ccc(OCCCCCC(F)(F)F)cc3)cc2)c1. The Balaban J connectivity index is 1.41. The summed E-state index contributed by atoms with van der Waals surface area (Å²) < 4.78 is 52.5. The molecule has 0 unspecified atom stereocenters. The molecular formula is C29H29F3N2O5. The van der Waals surface area contributed by atoms with Crippen LogP contribution in [0.15, 0.2) is 72.8 Å². The third kappa shape index (κ3) is 10.8. The molecule has 10 heteroatoms.